The number of fused-ring (bicyclic) bond motifs is 7. The topological polar surface area (TPSA) is 93.2 Å². The third-order valence-corrected chi connectivity index (χ3v) is 12.0. The summed E-state index contributed by atoms with van der Waals surface area (Å²) in [7, 11) is 0. The zero-order chi connectivity index (χ0) is 38.6. The monoisotopic (exact) mass is 756 g/mol. The number of halogens is 4. The maximum atomic E-state index is 17.4. The van der Waals surface area contributed by atoms with Crippen LogP contribution in [0.1, 0.15) is 65.4 Å². The van der Waals surface area contributed by atoms with E-state index in [9.17, 15) is 13.6 Å². The van der Waals surface area contributed by atoms with Crippen LogP contribution in [0, 0.1) is 24.0 Å². The van der Waals surface area contributed by atoms with Crippen LogP contribution < -0.4 is 14.4 Å². The van der Waals surface area contributed by atoms with Crippen molar-refractivity contribution in [1.82, 2.24) is 24.8 Å². The van der Waals surface area contributed by atoms with E-state index >= 15 is 8.78 Å². The van der Waals surface area contributed by atoms with Gasteiger partial charge in [-0.25, -0.2) is 18.6 Å². The zero-order valence-corrected chi connectivity index (χ0v) is 31.0. The Morgan fingerprint density at radius 3 is 2.67 bits per heavy atom. The molecule has 0 saturated carbocycles. The first-order valence-corrected chi connectivity index (χ1v) is 18.8. The Morgan fingerprint density at radius 1 is 1.09 bits per heavy atom. The molecule has 55 heavy (non-hydrogen) atoms. The average molecular weight is 757 g/mol. The number of ether oxygens (including phenoxy) is 3. The van der Waals surface area contributed by atoms with E-state index in [4.69, 9.17) is 30.6 Å². The van der Waals surface area contributed by atoms with Gasteiger partial charge in [0.1, 0.15) is 46.5 Å². The van der Waals surface area contributed by atoms with Crippen LogP contribution in [0.5, 0.6) is 11.9 Å². The van der Waals surface area contributed by atoms with Gasteiger partial charge in [-0.1, -0.05) is 30.2 Å². The van der Waals surface area contributed by atoms with Crippen molar-refractivity contribution in [2.45, 2.75) is 95.2 Å². The fourth-order valence-electron chi connectivity index (χ4n) is 9.74. The molecule has 0 aliphatic carbocycles. The van der Waals surface area contributed by atoms with Crippen molar-refractivity contribution < 1.29 is 36.6 Å². The number of nitrogens with zero attached hydrogens (tertiary/aromatic N) is 6. The van der Waals surface area contributed by atoms with Crippen LogP contribution in [0.2, 0.25) is 0 Å². The van der Waals surface area contributed by atoms with E-state index in [2.05, 4.69) is 10.9 Å². The predicted molar refractivity (Wildman–Crippen MR) is 197 cm³/mol. The minimum atomic E-state index is -1.71. The largest absolute Gasteiger partial charge is 0.472 e. The SMILES string of the molecule is C#Cc1c(F)ccc2cccc(-c3nc4c5c(nc(OCC67CCCN6CCC7=C(F)F)nc5c3F)N3C[C@H]5CC[C@@H]([C@H]3[C@H](C)O4)N5C(=O)OC(C)(C)C)c12. The molecule has 1 unspecified atom stereocenters. The van der Waals surface area contributed by atoms with Crippen LogP contribution in [0.15, 0.2) is 42.0 Å². The Balaban J connectivity index is 1.23. The summed E-state index contributed by atoms with van der Waals surface area (Å²) in [5, 5.41) is 1.08. The molecule has 9 rings (SSSR count). The van der Waals surface area contributed by atoms with E-state index in [1.807, 2.05) is 37.5 Å². The maximum Gasteiger partial charge on any atom is 0.410 e. The summed E-state index contributed by atoms with van der Waals surface area (Å²) in [6, 6.07) is 6.64. The molecule has 5 aliphatic rings. The molecule has 4 aromatic rings. The highest BCUT2D eigenvalue weighted by Gasteiger charge is 2.54. The van der Waals surface area contributed by atoms with Crippen LogP contribution in [-0.2, 0) is 4.74 Å². The highest BCUT2D eigenvalue weighted by molar-refractivity contribution is 6.03. The highest BCUT2D eigenvalue weighted by atomic mass is 19.3. The predicted octanol–water partition coefficient (Wildman–Crippen LogP) is 7.61. The number of terminal acetylenes is 1. The van der Waals surface area contributed by atoms with Gasteiger partial charge >= 0.3 is 12.1 Å². The van der Waals surface area contributed by atoms with Gasteiger partial charge in [0.15, 0.2) is 5.82 Å². The molecule has 1 amide bonds. The standard InChI is InChI=1S/C41H40F4N6O4/c1-6-24-27(42)13-11-22-9-7-10-25(29(22)24)32-31(43)33-30-36(48-38(47-33)53-20-41-16-8-17-49(41)18-15-26(41)35(44)45)50-19-23-12-14-28(34(50)21(2)54-37(30)46-32)51(23)39(52)55-40(3,4)5/h1,7,9-11,13,21,23,28,34H,8,12,14-20H2,2-5H3/t21-,23+,28-,34+,41?/m0/s1. The van der Waals surface area contributed by atoms with E-state index in [0.717, 1.165) is 6.42 Å². The van der Waals surface area contributed by atoms with E-state index in [1.165, 1.54) is 6.07 Å². The zero-order valence-electron chi connectivity index (χ0n) is 31.0. The van der Waals surface area contributed by atoms with Gasteiger partial charge < -0.3 is 19.1 Å². The Hall–Kier alpha value is -5.16. The first kappa shape index (κ1) is 35.5. The van der Waals surface area contributed by atoms with E-state index in [-0.39, 0.29) is 70.3 Å². The number of benzene rings is 2. The number of aromatic nitrogens is 3. The third kappa shape index (κ3) is 5.48. The molecule has 2 bridgehead atoms. The lowest BCUT2D eigenvalue weighted by Crippen LogP contribution is -2.65. The number of carbonyl (C=O) groups excluding carboxylic acids is 1. The molecule has 5 aliphatic heterocycles. The summed E-state index contributed by atoms with van der Waals surface area (Å²) in [5.74, 6) is 1.29. The fraction of sp³-hybridized carbons (Fsp3) is 0.463. The molecule has 2 aromatic heterocycles. The summed E-state index contributed by atoms with van der Waals surface area (Å²) < 4.78 is 79.9. The second kappa shape index (κ2) is 12.7. The molecule has 0 radical (unpaired) electrons. The van der Waals surface area contributed by atoms with E-state index < -0.39 is 47.1 Å². The smallest absolute Gasteiger partial charge is 0.410 e. The lowest BCUT2D eigenvalue weighted by atomic mass is 9.90. The molecule has 4 fully saturated rings. The third-order valence-electron chi connectivity index (χ3n) is 12.0. The van der Waals surface area contributed by atoms with Gasteiger partial charge in [-0.15, -0.1) is 6.42 Å². The molecular weight excluding hydrogens is 716 g/mol. The number of hydrogen-bond acceptors (Lipinski definition) is 9. The van der Waals surface area contributed by atoms with Gasteiger partial charge in [0.05, 0.1) is 29.2 Å². The van der Waals surface area contributed by atoms with Crippen LogP contribution in [0.25, 0.3) is 32.9 Å². The first-order valence-electron chi connectivity index (χ1n) is 18.8. The van der Waals surface area contributed by atoms with Gasteiger partial charge in [0, 0.05) is 29.6 Å². The summed E-state index contributed by atoms with van der Waals surface area (Å²) in [4.78, 5) is 33.7. The van der Waals surface area contributed by atoms with Gasteiger partial charge in [0.2, 0.25) is 5.88 Å². The van der Waals surface area contributed by atoms with Crippen molar-refractivity contribution in [3.63, 3.8) is 0 Å². The number of amides is 1. The summed E-state index contributed by atoms with van der Waals surface area (Å²) >= 11 is 0. The van der Waals surface area contributed by atoms with Crippen molar-refractivity contribution in [3.8, 4) is 35.5 Å². The molecule has 10 nitrogen and oxygen atoms in total. The number of anilines is 1. The minimum Gasteiger partial charge on any atom is -0.472 e. The molecule has 7 heterocycles. The first-order chi connectivity index (χ1) is 26.3. The number of rotatable bonds is 4. The second-order valence-corrected chi connectivity index (χ2v) is 16.2. The molecule has 4 saturated heterocycles. The van der Waals surface area contributed by atoms with Crippen LogP contribution in [-0.4, -0.2) is 92.5 Å². The van der Waals surface area contributed by atoms with E-state index in [0.29, 0.717) is 55.5 Å². The van der Waals surface area contributed by atoms with Crippen molar-refractivity contribution in [1.29, 1.82) is 0 Å². The van der Waals surface area contributed by atoms with Crippen molar-refractivity contribution in [2.24, 2.45) is 0 Å². The lowest BCUT2D eigenvalue weighted by molar-refractivity contribution is 0.000936. The molecule has 0 N–H and O–H groups in total. The molecule has 14 heteroatoms. The van der Waals surface area contributed by atoms with Gasteiger partial charge in [-0.2, -0.15) is 18.7 Å². The normalized spacial score (nSPS) is 25.8. The summed E-state index contributed by atoms with van der Waals surface area (Å²) in [5.41, 5.74) is -1.82. The van der Waals surface area contributed by atoms with Gasteiger partial charge in [-0.3, -0.25) is 9.80 Å². The van der Waals surface area contributed by atoms with Crippen LogP contribution in [0.3, 0.4) is 0 Å². The fourth-order valence-corrected chi connectivity index (χ4v) is 9.74. The second-order valence-electron chi connectivity index (χ2n) is 16.2. The highest BCUT2D eigenvalue weighted by Crippen LogP contribution is 2.49. The van der Waals surface area contributed by atoms with E-state index in [1.54, 1.807) is 29.2 Å². The number of hydrogen-bond donors (Lipinski definition) is 0. The number of pyridine rings is 1. The minimum absolute atomic E-state index is 0.0433. The van der Waals surface area contributed by atoms with Crippen LogP contribution in [0.4, 0.5) is 28.2 Å². The summed E-state index contributed by atoms with van der Waals surface area (Å²) in [6.07, 6.45) is 5.85. The van der Waals surface area contributed by atoms with Crippen LogP contribution >= 0.6 is 0 Å². The quantitative estimate of drug-likeness (QED) is 0.154. The Kier molecular flexibility index (Phi) is 8.20. The Bertz CT molecular complexity index is 2360. The average Bonchev–Trinajstić information content (AvgIpc) is 3.78. The number of piperazine rings is 1. The molecule has 0 spiro atoms. The molecule has 286 valence electrons. The van der Waals surface area contributed by atoms with Gasteiger partial charge in [0.25, 0.3) is 6.08 Å². The lowest BCUT2D eigenvalue weighted by Gasteiger charge is -2.48. The molecular formula is C41H40F4N6O4. The Labute approximate surface area is 315 Å². The maximum absolute atomic E-state index is 17.4. The van der Waals surface area contributed by atoms with Crippen molar-refractivity contribution >= 4 is 33.6 Å². The number of carbonyl (C=O) groups is 1. The Morgan fingerprint density at radius 2 is 1.91 bits per heavy atom. The summed E-state index contributed by atoms with van der Waals surface area (Å²) in [6.45, 7) is 8.65. The van der Waals surface area contributed by atoms with Gasteiger partial charge in [-0.05, 0) is 77.8 Å². The molecule has 5 atom stereocenters. The molecule has 2 aromatic carbocycles. The van der Waals surface area contributed by atoms with Crippen molar-refractivity contribution in [3.05, 3.63) is 59.2 Å². The van der Waals surface area contributed by atoms with Crippen molar-refractivity contribution in [2.75, 3.05) is 31.1 Å².